The smallest absolute Gasteiger partial charge is 0.137 e. The summed E-state index contributed by atoms with van der Waals surface area (Å²) in [5, 5.41) is 3.37. The number of nitrogens with zero attached hydrogens (tertiary/aromatic N) is 3. The molecular formula is C16H28N4O. The predicted octanol–water partition coefficient (Wildman–Crippen LogP) is 2.78. The second-order valence-electron chi connectivity index (χ2n) is 6.23. The molecule has 118 valence electrons. The Balaban J connectivity index is 2.44. The van der Waals surface area contributed by atoms with Crippen molar-refractivity contribution in [1.82, 2.24) is 9.97 Å². The number of hydrogen-bond acceptors (Lipinski definition) is 5. The van der Waals surface area contributed by atoms with Crippen LogP contribution in [0, 0.1) is 6.92 Å². The molecule has 2 rings (SSSR count). The van der Waals surface area contributed by atoms with Gasteiger partial charge in [-0.25, -0.2) is 9.97 Å². The summed E-state index contributed by atoms with van der Waals surface area (Å²) in [5.74, 6) is 2.95. The van der Waals surface area contributed by atoms with Gasteiger partial charge in [0.05, 0.1) is 18.8 Å². The third-order valence-electron chi connectivity index (χ3n) is 3.89. The van der Waals surface area contributed by atoms with Gasteiger partial charge in [-0.2, -0.15) is 0 Å². The van der Waals surface area contributed by atoms with Gasteiger partial charge in [0, 0.05) is 25.1 Å². The van der Waals surface area contributed by atoms with Gasteiger partial charge in [-0.1, -0.05) is 6.92 Å². The van der Waals surface area contributed by atoms with E-state index in [4.69, 9.17) is 9.72 Å². The molecule has 5 heteroatoms. The van der Waals surface area contributed by atoms with Crippen molar-refractivity contribution in [3.05, 3.63) is 11.4 Å². The summed E-state index contributed by atoms with van der Waals surface area (Å²) in [7, 11) is 0. The molecule has 0 bridgehead atoms. The van der Waals surface area contributed by atoms with Crippen LogP contribution < -0.4 is 10.2 Å². The van der Waals surface area contributed by atoms with Gasteiger partial charge in [0.2, 0.25) is 0 Å². The van der Waals surface area contributed by atoms with Gasteiger partial charge in [-0.3, -0.25) is 0 Å². The molecule has 5 nitrogen and oxygen atoms in total. The molecule has 1 aliphatic heterocycles. The molecule has 1 aromatic heterocycles. The number of morpholine rings is 1. The Hall–Kier alpha value is -1.36. The largest absolute Gasteiger partial charge is 0.377 e. The average molecular weight is 292 g/mol. The number of anilines is 2. The molecule has 0 saturated carbocycles. The first kappa shape index (κ1) is 16.0. The van der Waals surface area contributed by atoms with Crippen molar-refractivity contribution in [2.75, 3.05) is 36.5 Å². The fraction of sp³-hybridized carbons (Fsp3) is 0.750. The van der Waals surface area contributed by atoms with Crippen LogP contribution in [0.15, 0.2) is 0 Å². The van der Waals surface area contributed by atoms with E-state index in [1.165, 1.54) is 0 Å². The first-order chi connectivity index (χ1) is 9.99. The molecule has 1 aromatic rings. The third kappa shape index (κ3) is 3.46. The Morgan fingerprint density at radius 1 is 1.29 bits per heavy atom. The van der Waals surface area contributed by atoms with Gasteiger partial charge in [0.15, 0.2) is 0 Å². The van der Waals surface area contributed by atoms with Crippen LogP contribution in [0.5, 0.6) is 0 Å². The summed E-state index contributed by atoms with van der Waals surface area (Å²) in [6.07, 6.45) is 1.97. The summed E-state index contributed by atoms with van der Waals surface area (Å²) in [4.78, 5) is 11.9. The minimum absolute atomic E-state index is 0.0374. The lowest BCUT2D eigenvalue weighted by molar-refractivity contribution is 0.0638. The fourth-order valence-corrected chi connectivity index (χ4v) is 2.74. The van der Waals surface area contributed by atoms with E-state index in [1.54, 1.807) is 0 Å². The zero-order valence-corrected chi connectivity index (χ0v) is 14.0. The quantitative estimate of drug-likeness (QED) is 0.904. The van der Waals surface area contributed by atoms with E-state index in [1.807, 2.05) is 0 Å². The average Bonchev–Trinajstić information content (AvgIpc) is 2.43. The topological polar surface area (TPSA) is 50.3 Å². The zero-order valence-electron chi connectivity index (χ0n) is 14.0. The maximum absolute atomic E-state index is 5.63. The van der Waals surface area contributed by atoms with Crippen molar-refractivity contribution in [2.24, 2.45) is 0 Å². The van der Waals surface area contributed by atoms with Crippen LogP contribution in [0.25, 0.3) is 0 Å². The Bertz CT molecular complexity index is 487. The highest BCUT2D eigenvalue weighted by Crippen LogP contribution is 2.31. The maximum Gasteiger partial charge on any atom is 0.137 e. The Kier molecular flexibility index (Phi) is 5.04. The van der Waals surface area contributed by atoms with Crippen LogP contribution in [-0.2, 0) is 11.2 Å². The van der Waals surface area contributed by atoms with Crippen molar-refractivity contribution in [3.63, 3.8) is 0 Å². The molecule has 0 atom stereocenters. The lowest BCUT2D eigenvalue weighted by atomic mass is 10.0. The number of hydrogen-bond donors (Lipinski definition) is 1. The molecule has 0 spiro atoms. The second kappa shape index (κ2) is 6.60. The number of ether oxygens (including phenoxy) is 1. The predicted molar refractivity (Wildman–Crippen MR) is 87.2 cm³/mol. The minimum atomic E-state index is -0.0374. The fourth-order valence-electron chi connectivity index (χ4n) is 2.74. The Morgan fingerprint density at radius 3 is 2.67 bits per heavy atom. The standard InChI is InChI=1S/C16H28N4O/c1-6-8-13-18-14(17-7-2)12(3)15(19-13)20-9-10-21-11-16(20,4)5/h6-11H2,1-5H3,(H,17,18,19). The van der Waals surface area contributed by atoms with Crippen molar-refractivity contribution in [3.8, 4) is 0 Å². The van der Waals surface area contributed by atoms with E-state index in [2.05, 4.69) is 49.8 Å². The van der Waals surface area contributed by atoms with Crippen LogP contribution in [-0.4, -0.2) is 41.8 Å². The summed E-state index contributed by atoms with van der Waals surface area (Å²) in [6.45, 7) is 14.0. The van der Waals surface area contributed by atoms with Gasteiger partial charge in [0.25, 0.3) is 0 Å². The van der Waals surface area contributed by atoms with Crippen LogP contribution in [0.4, 0.5) is 11.6 Å². The van der Waals surface area contributed by atoms with Crippen LogP contribution in [0.3, 0.4) is 0 Å². The van der Waals surface area contributed by atoms with E-state index in [0.29, 0.717) is 0 Å². The van der Waals surface area contributed by atoms with Crippen molar-refractivity contribution in [2.45, 2.75) is 53.0 Å². The highest BCUT2D eigenvalue weighted by Gasteiger charge is 2.33. The highest BCUT2D eigenvalue weighted by atomic mass is 16.5. The summed E-state index contributed by atoms with van der Waals surface area (Å²) in [6, 6.07) is 0. The summed E-state index contributed by atoms with van der Waals surface area (Å²) in [5.41, 5.74) is 1.09. The Labute approximate surface area is 128 Å². The lowest BCUT2D eigenvalue weighted by Gasteiger charge is -2.43. The first-order valence-electron chi connectivity index (χ1n) is 7.96. The molecular weight excluding hydrogens is 264 g/mol. The third-order valence-corrected chi connectivity index (χ3v) is 3.89. The van der Waals surface area contributed by atoms with Crippen LogP contribution >= 0.6 is 0 Å². The van der Waals surface area contributed by atoms with E-state index in [0.717, 1.165) is 62.2 Å². The number of aryl methyl sites for hydroxylation is 1. The number of aromatic nitrogens is 2. The summed E-state index contributed by atoms with van der Waals surface area (Å²) < 4.78 is 5.63. The van der Waals surface area contributed by atoms with Crippen LogP contribution in [0.2, 0.25) is 0 Å². The van der Waals surface area contributed by atoms with Gasteiger partial charge >= 0.3 is 0 Å². The molecule has 0 aromatic carbocycles. The Morgan fingerprint density at radius 2 is 2.05 bits per heavy atom. The number of nitrogens with one attached hydrogen (secondary N) is 1. The van der Waals surface area contributed by atoms with Crippen molar-refractivity contribution in [1.29, 1.82) is 0 Å². The van der Waals surface area contributed by atoms with E-state index < -0.39 is 0 Å². The highest BCUT2D eigenvalue weighted by molar-refractivity contribution is 5.60. The molecule has 0 aliphatic carbocycles. The SMILES string of the molecule is CCCc1nc(NCC)c(C)c(N2CCOCC2(C)C)n1. The maximum atomic E-state index is 5.63. The normalized spacial score (nSPS) is 17.9. The molecule has 0 radical (unpaired) electrons. The van der Waals surface area contributed by atoms with E-state index in [-0.39, 0.29) is 5.54 Å². The minimum Gasteiger partial charge on any atom is -0.377 e. The van der Waals surface area contributed by atoms with Crippen molar-refractivity contribution < 1.29 is 4.74 Å². The van der Waals surface area contributed by atoms with Gasteiger partial charge in [0.1, 0.15) is 17.5 Å². The summed E-state index contributed by atoms with van der Waals surface area (Å²) >= 11 is 0. The van der Waals surface area contributed by atoms with E-state index >= 15 is 0 Å². The van der Waals surface area contributed by atoms with Crippen LogP contribution in [0.1, 0.15) is 45.5 Å². The molecule has 1 N–H and O–H groups in total. The van der Waals surface area contributed by atoms with Gasteiger partial charge in [-0.15, -0.1) is 0 Å². The first-order valence-corrected chi connectivity index (χ1v) is 7.96. The lowest BCUT2D eigenvalue weighted by Crippen LogP contribution is -2.54. The molecule has 1 aliphatic rings. The molecule has 1 saturated heterocycles. The zero-order chi connectivity index (χ0) is 15.5. The monoisotopic (exact) mass is 292 g/mol. The molecule has 0 amide bonds. The molecule has 0 unspecified atom stereocenters. The van der Waals surface area contributed by atoms with Crippen molar-refractivity contribution >= 4 is 11.6 Å². The molecule has 2 heterocycles. The van der Waals surface area contributed by atoms with Gasteiger partial charge in [-0.05, 0) is 34.1 Å². The molecule has 21 heavy (non-hydrogen) atoms. The second-order valence-corrected chi connectivity index (χ2v) is 6.23. The van der Waals surface area contributed by atoms with Gasteiger partial charge < -0.3 is 15.0 Å². The van der Waals surface area contributed by atoms with E-state index in [9.17, 15) is 0 Å². The number of rotatable bonds is 5. The molecule has 1 fully saturated rings.